The Bertz CT molecular complexity index is 1440. The summed E-state index contributed by atoms with van der Waals surface area (Å²) in [5, 5.41) is 10.3. The van der Waals surface area contributed by atoms with E-state index >= 15 is 0 Å². The number of piperazine rings is 1. The number of rotatable bonds is 5. The van der Waals surface area contributed by atoms with E-state index in [1.54, 1.807) is 17.0 Å². The molecule has 1 aromatic carbocycles. The number of carbonyl (C=O) groups is 1. The van der Waals surface area contributed by atoms with Crippen LogP contribution in [0.15, 0.2) is 58.5 Å². The van der Waals surface area contributed by atoms with Crippen LogP contribution in [0.3, 0.4) is 0 Å². The van der Waals surface area contributed by atoms with Crippen molar-refractivity contribution in [2.24, 2.45) is 0 Å². The molecule has 1 N–H and O–H groups in total. The first-order valence-corrected chi connectivity index (χ1v) is 12.2. The number of amides is 1. The Balaban J connectivity index is 1.57. The molecule has 36 heavy (non-hydrogen) atoms. The largest absolute Gasteiger partial charge is 0.501 e. The summed E-state index contributed by atoms with van der Waals surface area (Å²) in [5.74, 6) is -0.735. The second-order valence-electron chi connectivity index (χ2n) is 8.32. The highest BCUT2D eigenvalue weighted by atomic mass is 32.2. The standard InChI is InChI=1S/C22H22F3N5O5S/c1-27-8-10-28(11-9-27)20(32)18-12-15(6-7-26-18)13-29-14-19(31)30(21(29)33)16-2-4-17(5-3-16)36(34,35)22(23,24)25/h2-7,12,14,31H,8-11,13H2,1H3. The van der Waals surface area contributed by atoms with Gasteiger partial charge in [0.2, 0.25) is 5.88 Å². The fraction of sp³-hybridized carbons (Fsp3) is 0.318. The Morgan fingerprint density at radius 1 is 1.08 bits per heavy atom. The van der Waals surface area contributed by atoms with Crippen LogP contribution in [0.5, 0.6) is 5.88 Å². The molecule has 4 rings (SSSR count). The molecule has 0 bridgehead atoms. The van der Waals surface area contributed by atoms with Gasteiger partial charge in [0, 0.05) is 32.4 Å². The van der Waals surface area contributed by atoms with Crippen LogP contribution in [0.4, 0.5) is 13.2 Å². The molecule has 0 aliphatic carbocycles. The van der Waals surface area contributed by atoms with Gasteiger partial charge in [-0.1, -0.05) is 0 Å². The average Bonchev–Trinajstić information content (AvgIpc) is 3.11. The minimum absolute atomic E-state index is 0.0224. The molecule has 3 aromatic rings. The molecule has 0 atom stereocenters. The molecule has 3 heterocycles. The summed E-state index contributed by atoms with van der Waals surface area (Å²) >= 11 is 0. The smallest absolute Gasteiger partial charge is 0.493 e. The summed E-state index contributed by atoms with van der Waals surface area (Å²) in [6, 6.07) is 6.56. The van der Waals surface area contributed by atoms with Gasteiger partial charge in [-0.25, -0.2) is 17.8 Å². The van der Waals surface area contributed by atoms with Gasteiger partial charge < -0.3 is 14.9 Å². The third kappa shape index (κ3) is 4.86. The fourth-order valence-corrected chi connectivity index (χ4v) is 4.56. The average molecular weight is 526 g/mol. The van der Waals surface area contributed by atoms with Crippen LogP contribution in [0.25, 0.3) is 5.69 Å². The number of pyridine rings is 1. The van der Waals surface area contributed by atoms with Gasteiger partial charge in [0.05, 0.1) is 23.3 Å². The van der Waals surface area contributed by atoms with Crippen LogP contribution < -0.4 is 5.69 Å². The molecule has 1 aliphatic rings. The summed E-state index contributed by atoms with van der Waals surface area (Å²) in [4.78, 5) is 32.7. The van der Waals surface area contributed by atoms with Gasteiger partial charge in [0.1, 0.15) is 5.69 Å². The quantitative estimate of drug-likeness (QED) is 0.536. The highest BCUT2D eigenvalue weighted by Crippen LogP contribution is 2.30. The summed E-state index contributed by atoms with van der Waals surface area (Å²) in [6.07, 6.45) is 2.57. The van der Waals surface area contributed by atoms with E-state index in [-0.39, 0.29) is 23.8 Å². The molecule has 14 heteroatoms. The van der Waals surface area contributed by atoms with Crippen molar-refractivity contribution in [2.75, 3.05) is 33.2 Å². The van der Waals surface area contributed by atoms with Crippen molar-refractivity contribution in [1.82, 2.24) is 23.9 Å². The van der Waals surface area contributed by atoms with Gasteiger partial charge in [-0.15, -0.1) is 0 Å². The Morgan fingerprint density at radius 2 is 1.72 bits per heavy atom. The second-order valence-corrected chi connectivity index (χ2v) is 10.3. The number of carbonyl (C=O) groups excluding carboxylic acids is 1. The minimum Gasteiger partial charge on any atom is -0.493 e. The molecule has 0 saturated carbocycles. The number of alkyl halides is 3. The third-order valence-corrected chi connectivity index (χ3v) is 7.34. The summed E-state index contributed by atoms with van der Waals surface area (Å²) in [7, 11) is -3.58. The maximum Gasteiger partial charge on any atom is 0.501 e. The number of benzene rings is 1. The van der Waals surface area contributed by atoms with E-state index in [0.717, 1.165) is 40.6 Å². The predicted molar refractivity (Wildman–Crippen MR) is 122 cm³/mol. The van der Waals surface area contributed by atoms with Crippen LogP contribution in [0, 0.1) is 0 Å². The van der Waals surface area contributed by atoms with Gasteiger partial charge in [-0.05, 0) is 49.0 Å². The Labute approximate surface area is 203 Å². The molecular weight excluding hydrogens is 503 g/mol. The molecule has 0 spiro atoms. The Hall–Kier alpha value is -3.65. The number of halogens is 3. The van der Waals surface area contributed by atoms with Gasteiger partial charge in [0.25, 0.3) is 15.7 Å². The minimum atomic E-state index is -5.55. The Morgan fingerprint density at radius 3 is 2.33 bits per heavy atom. The third-order valence-electron chi connectivity index (χ3n) is 5.83. The molecule has 0 unspecified atom stereocenters. The van der Waals surface area contributed by atoms with Crippen molar-refractivity contribution in [3.8, 4) is 11.6 Å². The zero-order valence-electron chi connectivity index (χ0n) is 19.0. The second kappa shape index (κ2) is 9.43. The zero-order chi connectivity index (χ0) is 26.3. The first-order valence-electron chi connectivity index (χ1n) is 10.7. The van der Waals surface area contributed by atoms with Gasteiger partial charge in [-0.3, -0.25) is 14.3 Å². The van der Waals surface area contributed by atoms with E-state index in [4.69, 9.17) is 0 Å². The van der Waals surface area contributed by atoms with E-state index in [2.05, 4.69) is 9.88 Å². The molecule has 10 nitrogen and oxygen atoms in total. The number of likely N-dealkylation sites (N-methyl/N-ethyl adjacent to an activating group) is 1. The number of aromatic nitrogens is 3. The molecular formula is C22H22F3N5O5S. The molecule has 1 aliphatic heterocycles. The van der Waals surface area contributed by atoms with Gasteiger partial charge in [-0.2, -0.15) is 13.2 Å². The van der Waals surface area contributed by atoms with Crippen LogP contribution >= 0.6 is 0 Å². The molecule has 2 aromatic heterocycles. The number of sulfone groups is 1. The summed E-state index contributed by atoms with van der Waals surface area (Å²) < 4.78 is 63.4. The van der Waals surface area contributed by atoms with E-state index in [1.165, 1.54) is 6.20 Å². The molecule has 0 radical (unpaired) electrons. The van der Waals surface area contributed by atoms with Crippen LogP contribution in [-0.4, -0.2) is 82.1 Å². The number of nitrogens with zero attached hydrogens (tertiary/aromatic N) is 5. The van der Waals surface area contributed by atoms with E-state index in [1.807, 2.05) is 7.05 Å². The lowest BCUT2D eigenvalue weighted by molar-refractivity contribution is -0.0436. The number of hydrogen-bond acceptors (Lipinski definition) is 7. The Kier molecular flexibility index (Phi) is 6.66. The SMILES string of the molecule is CN1CCN(C(=O)c2cc(Cn3cc(O)n(-c4ccc(S(=O)(=O)C(F)(F)F)cc4)c3=O)ccn2)CC1. The lowest BCUT2D eigenvalue weighted by Crippen LogP contribution is -2.47. The normalized spacial score (nSPS) is 15.3. The van der Waals surface area contributed by atoms with Crippen molar-refractivity contribution in [1.29, 1.82) is 0 Å². The van der Waals surface area contributed by atoms with Crippen molar-refractivity contribution < 1.29 is 31.5 Å². The molecule has 1 saturated heterocycles. The highest BCUT2D eigenvalue weighted by molar-refractivity contribution is 7.92. The predicted octanol–water partition coefficient (Wildman–Crippen LogP) is 1.47. The molecule has 192 valence electrons. The van der Waals surface area contributed by atoms with E-state index in [9.17, 15) is 36.3 Å². The van der Waals surface area contributed by atoms with Gasteiger partial charge >= 0.3 is 11.2 Å². The first-order chi connectivity index (χ1) is 16.9. The first kappa shape index (κ1) is 25.4. The molecule has 1 amide bonds. The number of hydrogen-bond donors (Lipinski definition) is 1. The fourth-order valence-electron chi connectivity index (χ4n) is 3.80. The van der Waals surface area contributed by atoms with Crippen molar-refractivity contribution >= 4 is 15.7 Å². The van der Waals surface area contributed by atoms with E-state index in [0.29, 0.717) is 30.8 Å². The lowest BCUT2D eigenvalue weighted by Gasteiger charge is -2.32. The monoisotopic (exact) mass is 525 g/mol. The van der Waals surface area contributed by atoms with Crippen LogP contribution in [0.2, 0.25) is 0 Å². The van der Waals surface area contributed by atoms with Crippen molar-refractivity contribution in [2.45, 2.75) is 16.9 Å². The topological polar surface area (TPSA) is 118 Å². The number of aromatic hydroxyl groups is 1. The lowest BCUT2D eigenvalue weighted by atomic mass is 10.2. The maximum atomic E-state index is 12.9. The maximum absolute atomic E-state index is 12.9. The summed E-state index contributed by atoms with van der Waals surface area (Å²) in [6.45, 7) is 2.61. The zero-order valence-corrected chi connectivity index (χ0v) is 19.8. The van der Waals surface area contributed by atoms with Gasteiger partial charge in [0.15, 0.2) is 0 Å². The van der Waals surface area contributed by atoms with E-state index < -0.39 is 31.8 Å². The van der Waals surface area contributed by atoms with Crippen molar-refractivity contribution in [3.05, 3.63) is 70.5 Å². The van der Waals surface area contributed by atoms with Crippen molar-refractivity contribution in [3.63, 3.8) is 0 Å². The number of imidazole rings is 1. The highest BCUT2D eigenvalue weighted by Gasteiger charge is 2.46. The molecule has 1 fully saturated rings. The summed E-state index contributed by atoms with van der Waals surface area (Å²) in [5.41, 5.74) is -5.43. The van der Waals surface area contributed by atoms with Crippen LogP contribution in [0.1, 0.15) is 16.1 Å². The van der Waals surface area contributed by atoms with Crippen LogP contribution in [-0.2, 0) is 16.4 Å².